The highest BCUT2D eigenvalue weighted by Crippen LogP contribution is 2.45. The lowest BCUT2D eigenvalue weighted by atomic mass is 10.0. The highest BCUT2D eigenvalue weighted by atomic mass is 31.2. The lowest BCUT2D eigenvalue weighted by Gasteiger charge is -2.21. The molecule has 0 aliphatic heterocycles. The fourth-order valence-electron chi connectivity index (χ4n) is 12.2. The van der Waals surface area contributed by atoms with Crippen molar-refractivity contribution >= 4 is 39.5 Å². The lowest BCUT2D eigenvalue weighted by molar-refractivity contribution is -0.161. The third-order valence-electron chi connectivity index (χ3n) is 18.5. The minimum atomic E-state index is -4.96. The number of aliphatic hydroxyl groups is 1. The van der Waals surface area contributed by atoms with Crippen LogP contribution in [0.1, 0.15) is 414 Å². The largest absolute Gasteiger partial charge is 0.472 e. The lowest BCUT2D eigenvalue weighted by Crippen LogP contribution is -2.30. The van der Waals surface area contributed by atoms with Crippen LogP contribution in [-0.2, 0) is 65.4 Å². The van der Waals surface area contributed by atoms with Gasteiger partial charge in [-0.2, -0.15) is 0 Å². The molecular formula is C79H154O17P2. The number of carbonyl (C=O) groups excluding carboxylic acids is 4. The van der Waals surface area contributed by atoms with E-state index in [1.165, 1.54) is 225 Å². The molecule has 0 aliphatic rings. The zero-order valence-corrected chi connectivity index (χ0v) is 65.9. The second-order valence-corrected chi connectivity index (χ2v) is 32.3. The van der Waals surface area contributed by atoms with E-state index in [4.69, 9.17) is 37.0 Å². The number of phosphoric ester groups is 2. The van der Waals surface area contributed by atoms with Crippen LogP contribution in [0.4, 0.5) is 0 Å². The molecule has 0 rings (SSSR count). The summed E-state index contributed by atoms with van der Waals surface area (Å²) in [5.41, 5.74) is 0. The molecule has 0 aliphatic carbocycles. The Morgan fingerprint density at radius 2 is 0.469 bits per heavy atom. The molecule has 0 fully saturated rings. The second kappa shape index (κ2) is 70.7. The average molecular weight is 1440 g/mol. The van der Waals surface area contributed by atoms with Crippen LogP contribution in [0.2, 0.25) is 0 Å². The second-order valence-electron chi connectivity index (χ2n) is 29.4. The molecule has 0 saturated heterocycles. The van der Waals surface area contributed by atoms with E-state index in [-0.39, 0.29) is 25.7 Å². The molecule has 0 spiro atoms. The van der Waals surface area contributed by atoms with Gasteiger partial charge in [-0.1, -0.05) is 363 Å². The number of carbonyl (C=O) groups is 4. The zero-order valence-electron chi connectivity index (χ0n) is 64.1. The summed E-state index contributed by atoms with van der Waals surface area (Å²) in [6.45, 7) is 9.56. The fraction of sp³-hybridized carbons (Fsp3) is 0.949. The van der Waals surface area contributed by atoms with Crippen molar-refractivity contribution in [2.45, 2.75) is 432 Å². The number of ether oxygens (including phenoxy) is 4. The summed E-state index contributed by atoms with van der Waals surface area (Å²) in [7, 11) is -9.91. The molecule has 0 saturated carbocycles. The van der Waals surface area contributed by atoms with E-state index in [1.807, 2.05) is 0 Å². The van der Waals surface area contributed by atoms with Crippen LogP contribution in [0.15, 0.2) is 0 Å². The van der Waals surface area contributed by atoms with E-state index in [2.05, 4.69) is 41.5 Å². The molecule has 582 valence electrons. The van der Waals surface area contributed by atoms with Gasteiger partial charge in [-0.25, -0.2) is 9.13 Å². The van der Waals surface area contributed by atoms with Crippen LogP contribution in [0.25, 0.3) is 0 Å². The predicted octanol–water partition coefficient (Wildman–Crippen LogP) is 23.5. The van der Waals surface area contributed by atoms with E-state index < -0.39 is 97.5 Å². The topological polar surface area (TPSA) is 237 Å². The molecule has 0 aromatic heterocycles. The zero-order chi connectivity index (χ0) is 72.1. The summed E-state index contributed by atoms with van der Waals surface area (Å²) >= 11 is 0. The quantitative estimate of drug-likeness (QED) is 0.0222. The highest BCUT2D eigenvalue weighted by Gasteiger charge is 2.30. The predicted molar refractivity (Wildman–Crippen MR) is 400 cm³/mol. The SMILES string of the molecule is CCCCCCCCCCCCCCCCCCCCCCC(=O)O[C@H](COC(=O)CCCCCCCCCCCCCCCCCC(C)C)COP(=O)(O)OC[C@@H](O)COP(=O)(O)OC[C@@H](COC(=O)CCCCCCCCC(C)C)OC(=O)CCCCCCCCCCCCC. The van der Waals surface area contributed by atoms with Crippen molar-refractivity contribution in [2.75, 3.05) is 39.6 Å². The molecule has 0 bridgehead atoms. The summed E-state index contributed by atoms with van der Waals surface area (Å²) in [5.74, 6) is -0.628. The molecule has 5 atom stereocenters. The number of aliphatic hydroxyl groups excluding tert-OH is 1. The molecular weight excluding hydrogens is 1280 g/mol. The van der Waals surface area contributed by atoms with Gasteiger partial charge in [-0.05, 0) is 37.5 Å². The van der Waals surface area contributed by atoms with Gasteiger partial charge < -0.3 is 33.8 Å². The van der Waals surface area contributed by atoms with Crippen LogP contribution in [-0.4, -0.2) is 96.7 Å². The third-order valence-corrected chi connectivity index (χ3v) is 20.4. The summed E-state index contributed by atoms with van der Waals surface area (Å²) < 4.78 is 68.6. The van der Waals surface area contributed by atoms with E-state index in [1.54, 1.807) is 0 Å². The van der Waals surface area contributed by atoms with Crippen LogP contribution >= 0.6 is 15.6 Å². The monoisotopic (exact) mass is 1440 g/mol. The number of hydrogen-bond donors (Lipinski definition) is 3. The number of unbranched alkanes of at least 4 members (excludes halogenated alkanes) is 48. The standard InChI is InChI=1S/C79H154O17P2/c1-7-9-11-13-15-17-19-20-21-22-23-24-25-28-32-36-40-44-52-58-64-79(84)95-74(67-89-76(81)61-55-49-42-38-35-31-29-26-27-30-34-37-41-47-53-59-71(3)4)69-93-97(85,86)91-65-73(80)66-92-98(87,88)94-70-75(68-90-77(82)62-56-50-46-45-48-54-60-72(5)6)96-78(83)63-57-51-43-39-33-18-16-14-12-10-8-2/h71-75,80H,7-70H2,1-6H3,(H,85,86)(H,87,88)/t73-,74-,75-/m1/s1. The van der Waals surface area contributed by atoms with Gasteiger partial charge in [-0.15, -0.1) is 0 Å². The average Bonchev–Trinajstić information content (AvgIpc) is 1.26. The van der Waals surface area contributed by atoms with Gasteiger partial charge >= 0.3 is 39.5 Å². The molecule has 0 aromatic carbocycles. The van der Waals surface area contributed by atoms with Gasteiger partial charge in [0.1, 0.15) is 19.3 Å². The maximum Gasteiger partial charge on any atom is 0.472 e. The maximum atomic E-state index is 13.1. The van der Waals surface area contributed by atoms with Crippen LogP contribution in [0.5, 0.6) is 0 Å². The molecule has 0 amide bonds. The van der Waals surface area contributed by atoms with Crippen molar-refractivity contribution in [2.24, 2.45) is 11.8 Å². The molecule has 19 heteroatoms. The van der Waals surface area contributed by atoms with Crippen molar-refractivity contribution in [3.8, 4) is 0 Å². The van der Waals surface area contributed by atoms with Gasteiger partial charge in [0.25, 0.3) is 0 Å². The third kappa shape index (κ3) is 72.4. The van der Waals surface area contributed by atoms with Gasteiger partial charge in [0.15, 0.2) is 12.2 Å². The number of phosphoric acid groups is 2. The normalized spacial score (nSPS) is 13.9. The van der Waals surface area contributed by atoms with Crippen LogP contribution < -0.4 is 0 Å². The van der Waals surface area contributed by atoms with Crippen LogP contribution in [0, 0.1) is 11.8 Å². The first-order valence-corrected chi connectivity index (χ1v) is 44.0. The Bertz CT molecular complexity index is 1890. The maximum absolute atomic E-state index is 13.1. The fourth-order valence-corrected chi connectivity index (χ4v) is 13.8. The Morgan fingerprint density at radius 3 is 0.694 bits per heavy atom. The molecule has 3 N–H and O–H groups in total. The Kier molecular flexibility index (Phi) is 69.3. The molecule has 0 aromatic rings. The number of esters is 4. The van der Waals surface area contributed by atoms with Crippen molar-refractivity contribution in [3.05, 3.63) is 0 Å². The van der Waals surface area contributed by atoms with E-state index in [0.717, 1.165) is 102 Å². The van der Waals surface area contributed by atoms with E-state index >= 15 is 0 Å². The molecule has 98 heavy (non-hydrogen) atoms. The van der Waals surface area contributed by atoms with Crippen molar-refractivity contribution in [3.63, 3.8) is 0 Å². The summed E-state index contributed by atoms with van der Waals surface area (Å²) in [4.78, 5) is 72.8. The molecule has 17 nitrogen and oxygen atoms in total. The highest BCUT2D eigenvalue weighted by molar-refractivity contribution is 7.47. The number of rotatable bonds is 78. The first kappa shape index (κ1) is 96.1. The Hall–Kier alpha value is -1.94. The first-order chi connectivity index (χ1) is 47.4. The van der Waals surface area contributed by atoms with Crippen molar-refractivity contribution < 1.29 is 80.2 Å². The minimum absolute atomic E-state index is 0.106. The van der Waals surface area contributed by atoms with Crippen molar-refractivity contribution in [1.29, 1.82) is 0 Å². The van der Waals surface area contributed by atoms with Gasteiger partial charge in [0.2, 0.25) is 0 Å². The van der Waals surface area contributed by atoms with E-state index in [0.29, 0.717) is 31.6 Å². The molecule has 0 heterocycles. The van der Waals surface area contributed by atoms with Crippen LogP contribution in [0.3, 0.4) is 0 Å². The Balaban J connectivity index is 5.20. The minimum Gasteiger partial charge on any atom is -0.462 e. The first-order valence-electron chi connectivity index (χ1n) is 41.0. The number of hydrogen-bond acceptors (Lipinski definition) is 15. The van der Waals surface area contributed by atoms with E-state index in [9.17, 15) is 43.2 Å². The molecule has 0 radical (unpaired) electrons. The Labute approximate surface area is 600 Å². The smallest absolute Gasteiger partial charge is 0.462 e. The summed E-state index contributed by atoms with van der Waals surface area (Å²) in [6.07, 6.45) is 59.9. The Morgan fingerprint density at radius 1 is 0.276 bits per heavy atom. The van der Waals surface area contributed by atoms with Gasteiger partial charge in [0.05, 0.1) is 26.4 Å². The van der Waals surface area contributed by atoms with Crippen molar-refractivity contribution in [1.82, 2.24) is 0 Å². The van der Waals surface area contributed by atoms with Gasteiger partial charge in [-0.3, -0.25) is 37.3 Å². The van der Waals surface area contributed by atoms with Gasteiger partial charge in [0, 0.05) is 25.7 Å². The summed E-state index contributed by atoms with van der Waals surface area (Å²) in [6, 6.07) is 0. The molecule has 2 unspecified atom stereocenters. The summed E-state index contributed by atoms with van der Waals surface area (Å²) in [5, 5.41) is 10.6.